The van der Waals surface area contributed by atoms with Gasteiger partial charge in [0.25, 0.3) is 0 Å². The second kappa shape index (κ2) is 11.6. The van der Waals surface area contributed by atoms with Crippen molar-refractivity contribution in [2.75, 3.05) is 40.8 Å². The van der Waals surface area contributed by atoms with Crippen molar-refractivity contribution in [2.24, 2.45) is 5.73 Å². The van der Waals surface area contributed by atoms with E-state index in [2.05, 4.69) is 5.32 Å². The quantitative estimate of drug-likeness (QED) is 0.234. The number of carbonyl (C=O) groups is 2. The van der Waals surface area contributed by atoms with E-state index in [1.807, 2.05) is 0 Å². The normalized spacial score (nSPS) is 11.4. The number of aliphatic carboxylic acids is 1. The van der Waals surface area contributed by atoms with Gasteiger partial charge in [-0.15, -0.1) is 0 Å². The SMILES string of the molecule is C[N+](C)(C)CC(=O)[O-].NCCCCCCNC(=O)P(=O)(O)O. The van der Waals surface area contributed by atoms with Crippen molar-refractivity contribution in [3.8, 4) is 0 Å². The number of hydrogen-bond acceptors (Lipinski definition) is 5. The maximum atomic E-state index is 10.7. The van der Waals surface area contributed by atoms with Gasteiger partial charge in [-0.3, -0.25) is 4.79 Å². The maximum Gasteiger partial charge on any atom is 0.413 e. The van der Waals surface area contributed by atoms with Crippen LogP contribution in [0.25, 0.3) is 0 Å². The van der Waals surface area contributed by atoms with Crippen molar-refractivity contribution in [2.45, 2.75) is 25.7 Å². The Morgan fingerprint density at radius 2 is 1.64 bits per heavy atom. The van der Waals surface area contributed by atoms with Crippen molar-refractivity contribution in [1.29, 1.82) is 0 Å². The predicted octanol–water partition coefficient (Wildman–Crippen LogP) is -1.16. The number of nitrogens with zero attached hydrogens (tertiary/aromatic N) is 1. The van der Waals surface area contributed by atoms with Crippen LogP contribution in [-0.4, -0.2) is 66.7 Å². The third-order valence-corrected chi connectivity index (χ3v) is 2.96. The lowest BCUT2D eigenvalue weighted by Gasteiger charge is -2.23. The number of hydrogen-bond donors (Lipinski definition) is 4. The number of nitrogens with two attached hydrogens (primary N) is 1. The Labute approximate surface area is 131 Å². The van der Waals surface area contributed by atoms with Crippen molar-refractivity contribution >= 4 is 19.2 Å². The summed E-state index contributed by atoms with van der Waals surface area (Å²) in [5.74, 6) is -1.00. The smallest absolute Gasteiger partial charge is 0.413 e. The van der Waals surface area contributed by atoms with E-state index in [0.29, 0.717) is 24.0 Å². The average molecular weight is 341 g/mol. The molecule has 0 bridgehead atoms. The highest BCUT2D eigenvalue weighted by atomic mass is 31.2. The zero-order valence-corrected chi connectivity index (χ0v) is 14.3. The molecule has 0 rings (SSSR count). The molecule has 0 saturated carbocycles. The van der Waals surface area contributed by atoms with Gasteiger partial charge >= 0.3 is 13.2 Å². The van der Waals surface area contributed by atoms with Gasteiger partial charge in [-0.1, -0.05) is 12.8 Å². The van der Waals surface area contributed by atoms with Gasteiger partial charge in [0.15, 0.2) is 0 Å². The second-order valence-corrected chi connectivity index (χ2v) is 7.29. The molecule has 1 amide bonds. The van der Waals surface area contributed by atoms with Crippen molar-refractivity contribution in [1.82, 2.24) is 5.32 Å². The number of rotatable bonds is 9. The standard InChI is InChI=1S/C7H17N2O4P.C5H11NO2/c8-5-3-1-2-4-6-9-7(10)14(11,12)13;1-6(2,3)4-5(7)8/h1-6,8H2,(H,9,10)(H2,11,12,13);4H2,1-3H3. The number of amides is 1. The molecule has 0 unspecified atom stereocenters. The summed E-state index contributed by atoms with van der Waals surface area (Å²) in [4.78, 5) is 37.4. The minimum absolute atomic E-state index is 0.0694. The van der Waals surface area contributed by atoms with Gasteiger partial charge in [0.1, 0.15) is 6.54 Å². The molecule has 132 valence electrons. The molecule has 0 atom stereocenters. The van der Waals surface area contributed by atoms with Gasteiger partial charge in [-0.25, -0.2) is 4.57 Å². The molecule has 0 aromatic heterocycles. The molecule has 10 heteroatoms. The molecule has 0 saturated heterocycles. The summed E-state index contributed by atoms with van der Waals surface area (Å²) < 4.78 is 10.8. The molecule has 9 nitrogen and oxygen atoms in total. The van der Waals surface area contributed by atoms with Gasteiger partial charge < -0.3 is 35.2 Å². The summed E-state index contributed by atoms with van der Waals surface area (Å²) in [5.41, 5.74) is 4.08. The molecule has 0 aromatic carbocycles. The Morgan fingerprint density at radius 1 is 1.14 bits per heavy atom. The van der Waals surface area contributed by atoms with Crippen molar-refractivity contribution < 1.29 is 33.5 Å². The Bertz CT molecular complexity index is 378. The summed E-state index contributed by atoms with van der Waals surface area (Å²) in [6.45, 7) is 1.02. The molecule has 22 heavy (non-hydrogen) atoms. The monoisotopic (exact) mass is 341 g/mol. The summed E-state index contributed by atoms with van der Waals surface area (Å²) in [7, 11) is 0.816. The minimum Gasteiger partial charge on any atom is -0.544 e. The largest absolute Gasteiger partial charge is 0.544 e. The van der Waals surface area contributed by atoms with Gasteiger partial charge in [-0.2, -0.15) is 0 Å². The van der Waals surface area contributed by atoms with E-state index in [0.717, 1.165) is 19.3 Å². The van der Waals surface area contributed by atoms with E-state index in [1.54, 1.807) is 21.1 Å². The number of quaternary nitrogens is 1. The third kappa shape index (κ3) is 19.0. The highest BCUT2D eigenvalue weighted by molar-refractivity contribution is 7.69. The van der Waals surface area contributed by atoms with Gasteiger partial charge in [0.05, 0.1) is 27.1 Å². The van der Waals surface area contributed by atoms with E-state index >= 15 is 0 Å². The van der Waals surface area contributed by atoms with Crippen LogP contribution in [0.3, 0.4) is 0 Å². The maximum absolute atomic E-state index is 10.7. The first-order valence-electron chi connectivity index (χ1n) is 6.94. The van der Waals surface area contributed by atoms with Crippen LogP contribution in [0.1, 0.15) is 25.7 Å². The molecule has 0 radical (unpaired) electrons. The van der Waals surface area contributed by atoms with Gasteiger partial charge in [-0.05, 0) is 19.4 Å². The fourth-order valence-corrected chi connectivity index (χ4v) is 1.63. The summed E-state index contributed by atoms with van der Waals surface area (Å²) in [5, 5.41) is 12.1. The molecule has 5 N–H and O–H groups in total. The Morgan fingerprint density at radius 3 is 1.95 bits per heavy atom. The Kier molecular flexibility index (Phi) is 12.2. The van der Waals surface area contributed by atoms with Crippen LogP contribution in [0.2, 0.25) is 0 Å². The highest BCUT2D eigenvalue weighted by Crippen LogP contribution is 2.34. The lowest BCUT2D eigenvalue weighted by molar-refractivity contribution is -0.864. The zero-order chi connectivity index (χ0) is 17.8. The number of unbranched alkanes of at least 4 members (excludes halogenated alkanes) is 3. The molecule has 0 aromatic rings. The van der Waals surface area contributed by atoms with Crippen molar-refractivity contribution in [3.63, 3.8) is 0 Å². The second-order valence-electron chi connectivity index (χ2n) is 5.80. The van der Waals surface area contributed by atoms with E-state index in [-0.39, 0.29) is 6.54 Å². The molecule has 0 aliphatic carbocycles. The van der Waals surface area contributed by atoms with Crippen LogP contribution >= 0.6 is 7.60 Å². The van der Waals surface area contributed by atoms with Crippen LogP contribution < -0.4 is 16.2 Å². The highest BCUT2D eigenvalue weighted by Gasteiger charge is 2.24. The number of carbonyl (C=O) groups excluding carboxylic acids is 2. The van der Waals surface area contributed by atoms with Gasteiger partial charge in [0.2, 0.25) is 0 Å². The Balaban J connectivity index is 0. The van der Waals surface area contributed by atoms with E-state index < -0.39 is 19.2 Å². The molecule has 0 spiro atoms. The molecular weight excluding hydrogens is 313 g/mol. The van der Waals surface area contributed by atoms with Crippen LogP contribution in [0.4, 0.5) is 4.79 Å². The number of carboxylic acid groups (broad SMARTS) is 1. The lowest BCUT2D eigenvalue weighted by atomic mass is 10.2. The Hall–Kier alpha value is -0.990. The summed E-state index contributed by atoms with van der Waals surface area (Å²) in [6.07, 6.45) is 3.53. The predicted molar refractivity (Wildman–Crippen MR) is 80.9 cm³/mol. The molecule has 0 fully saturated rings. The van der Waals surface area contributed by atoms with Gasteiger partial charge in [0, 0.05) is 6.54 Å². The number of likely N-dealkylation sites (N-methyl/N-ethyl adjacent to an activating group) is 1. The van der Waals surface area contributed by atoms with Crippen molar-refractivity contribution in [3.05, 3.63) is 0 Å². The fraction of sp³-hybridized carbons (Fsp3) is 0.833. The molecular formula is C12H28N3O6P. The molecule has 0 heterocycles. The number of nitrogens with one attached hydrogen (secondary N) is 1. The molecule has 0 aliphatic heterocycles. The minimum atomic E-state index is -4.59. The van der Waals surface area contributed by atoms with E-state index in [1.165, 1.54) is 0 Å². The topological polar surface area (TPSA) is 153 Å². The average Bonchev–Trinajstić information content (AvgIpc) is 2.29. The van der Waals surface area contributed by atoms with Crippen LogP contribution in [0.15, 0.2) is 0 Å². The molecule has 0 aliphatic rings. The summed E-state index contributed by atoms with van der Waals surface area (Å²) >= 11 is 0. The zero-order valence-electron chi connectivity index (χ0n) is 13.4. The van der Waals surface area contributed by atoms with Crippen LogP contribution in [0.5, 0.6) is 0 Å². The van der Waals surface area contributed by atoms with Crippen LogP contribution in [0, 0.1) is 0 Å². The van der Waals surface area contributed by atoms with Crippen LogP contribution in [-0.2, 0) is 9.36 Å². The third-order valence-electron chi connectivity index (χ3n) is 2.28. The lowest BCUT2D eigenvalue weighted by Crippen LogP contribution is -2.45. The fourth-order valence-electron chi connectivity index (χ4n) is 1.31. The first kappa shape index (κ1) is 23.3. The number of carboxylic acids is 1. The first-order valence-corrected chi connectivity index (χ1v) is 8.55. The first-order chi connectivity index (χ1) is 9.90. The van der Waals surface area contributed by atoms with E-state index in [9.17, 15) is 19.3 Å². The summed E-state index contributed by atoms with van der Waals surface area (Å²) in [6, 6.07) is 0. The van der Waals surface area contributed by atoms with E-state index in [4.69, 9.17) is 15.5 Å².